The second-order valence-electron chi connectivity index (χ2n) is 4.93. The molecule has 0 aromatic rings. The van der Waals surface area contributed by atoms with Gasteiger partial charge in [0.05, 0.1) is 12.7 Å². The van der Waals surface area contributed by atoms with E-state index in [1.54, 1.807) is 0 Å². The third-order valence-corrected chi connectivity index (χ3v) is 3.57. The lowest BCUT2D eigenvalue weighted by molar-refractivity contribution is -0.0108. The molecule has 1 rings (SSSR count). The molecule has 1 saturated heterocycles. The molecule has 0 spiro atoms. The van der Waals surface area contributed by atoms with Crippen molar-refractivity contribution in [2.75, 3.05) is 13.2 Å². The number of nitrogens with one attached hydrogen (secondary N) is 1. The van der Waals surface area contributed by atoms with Crippen LogP contribution < -0.4 is 5.32 Å². The van der Waals surface area contributed by atoms with Crippen LogP contribution >= 0.6 is 12.4 Å². The minimum atomic E-state index is 0. The molecule has 0 saturated carbocycles. The Morgan fingerprint density at radius 1 is 1.06 bits per heavy atom. The van der Waals surface area contributed by atoms with Crippen molar-refractivity contribution >= 4 is 12.4 Å². The van der Waals surface area contributed by atoms with Gasteiger partial charge in [-0.1, -0.05) is 52.4 Å². The Bertz CT molecular complexity index is 166. The summed E-state index contributed by atoms with van der Waals surface area (Å²) in [5.41, 5.74) is 0. The van der Waals surface area contributed by atoms with Crippen LogP contribution in [-0.2, 0) is 4.74 Å². The normalized spacial score (nSPS) is 24.4. The summed E-state index contributed by atoms with van der Waals surface area (Å²) in [6, 6.07) is 0.601. The molecule has 2 atom stereocenters. The standard InChI is InChI=1S/C14H29NO.ClH/c1-3-5-6-7-8-9-10-14-13(4-2)15-11-12-16-14;/h13-15H,3-12H2,1-2H3;1H. The first-order valence-corrected chi connectivity index (χ1v) is 7.23. The highest BCUT2D eigenvalue weighted by molar-refractivity contribution is 5.85. The summed E-state index contributed by atoms with van der Waals surface area (Å²) in [7, 11) is 0. The lowest BCUT2D eigenvalue weighted by Crippen LogP contribution is -2.47. The summed E-state index contributed by atoms with van der Waals surface area (Å²) >= 11 is 0. The van der Waals surface area contributed by atoms with E-state index in [4.69, 9.17) is 4.74 Å². The Morgan fingerprint density at radius 2 is 1.76 bits per heavy atom. The molecule has 1 aliphatic rings. The Hall–Kier alpha value is 0.210. The quantitative estimate of drug-likeness (QED) is 0.670. The Labute approximate surface area is 113 Å². The Balaban J connectivity index is 0.00000256. The second-order valence-corrected chi connectivity index (χ2v) is 4.93. The lowest BCUT2D eigenvalue weighted by Gasteiger charge is -2.32. The minimum absolute atomic E-state index is 0. The summed E-state index contributed by atoms with van der Waals surface area (Å²) in [6.07, 6.45) is 11.2. The minimum Gasteiger partial charge on any atom is -0.375 e. The number of rotatable bonds is 8. The Morgan fingerprint density at radius 3 is 2.47 bits per heavy atom. The first kappa shape index (κ1) is 17.2. The molecule has 104 valence electrons. The summed E-state index contributed by atoms with van der Waals surface area (Å²) < 4.78 is 5.85. The first-order chi connectivity index (χ1) is 7.88. The van der Waals surface area contributed by atoms with Gasteiger partial charge >= 0.3 is 0 Å². The average molecular weight is 264 g/mol. The molecule has 1 aliphatic heterocycles. The molecular formula is C14H30ClNO. The smallest absolute Gasteiger partial charge is 0.0728 e. The summed E-state index contributed by atoms with van der Waals surface area (Å²) in [5.74, 6) is 0. The molecule has 1 N–H and O–H groups in total. The fourth-order valence-electron chi connectivity index (χ4n) is 2.52. The number of ether oxygens (including phenoxy) is 1. The molecule has 17 heavy (non-hydrogen) atoms. The van der Waals surface area contributed by atoms with Crippen molar-refractivity contribution in [2.45, 2.75) is 77.4 Å². The third kappa shape index (κ3) is 7.28. The second kappa shape index (κ2) is 11.3. The SMILES string of the molecule is CCCCCCCCC1OCCNC1CC.Cl. The van der Waals surface area contributed by atoms with Gasteiger partial charge in [-0.05, 0) is 12.8 Å². The van der Waals surface area contributed by atoms with Crippen LogP contribution in [-0.4, -0.2) is 25.3 Å². The van der Waals surface area contributed by atoms with E-state index in [1.165, 1.54) is 51.4 Å². The number of halogens is 1. The van der Waals surface area contributed by atoms with Gasteiger partial charge in [-0.2, -0.15) is 0 Å². The van der Waals surface area contributed by atoms with Crippen LogP contribution in [0.25, 0.3) is 0 Å². The van der Waals surface area contributed by atoms with E-state index in [0.29, 0.717) is 12.1 Å². The Kier molecular flexibility index (Phi) is 11.4. The lowest BCUT2D eigenvalue weighted by atomic mass is 10.00. The maximum Gasteiger partial charge on any atom is 0.0728 e. The highest BCUT2D eigenvalue weighted by Crippen LogP contribution is 2.16. The molecule has 2 unspecified atom stereocenters. The van der Waals surface area contributed by atoms with Crippen molar-refractivity contribution in [3.8, 4) is 0 Å². The largest absolute Gasteiger partial charge is 0.375 e. The van der Waals surface area contributed by atoms with Crippen molar-refractivity contribution in [3.63, 3.8) is 0 Å². The topological polar surface area (TPSA) is 21.3 Å². The molecule has 0 radical (unpaired) electrons. The van der Waals surface area contributed by atoms with Gasteiger partial charge in [-0.25, -0.2) is 0 Å². The molecule has 0 bridgehead atoms. The van der Waals surface area contributed by atoms with Gasteiger partial charge in [-0.15, -0.1) is 12.4 Å². The van der Waals surface area contributed by atoms with Crippen LogP contribution in [0, 0.1) is 0 Å². The van der Waals surface area contributed by atoms with Crippen molar-refractivity contribution in [1.82, 2.24) is 5.32 Å². The zero-order valence-corrected chi connectivity index (χ0v) is 12.4. The molecule has 0 amide bonds. The maximum absolute atomic E-state index is 5.85. The number of hydrogen-bond donors (Lipinski definition) is 1. The highest BCUT2D eigenvalue weighted by atomic mass is 35.5. The zero-order chi connectivity index (χ0) is 11.6. The maximum atomic E-state index is 5.85. The van der Waals surface area contributed by atoms with Crippen molar-refractivity contribution in [1.29, 1.82) is 0 Å². The van der Waals surface area contributed by atoms with E-state index in [1.807, 2.05) is 0 Å². The summed E-state index contributed by atoms with van der Waals surface area (Å²) in [6.45, 7) is 6.45. The van der Waals surface area contributed by atoms with Crippen LogP contribution in [0.2, 0.25) is 0 Å². The van der Waals surface area contributed by atoms with Crippen molar-refractivity contribution in [2.24, 2.45) is 0 Å². The van der Waals surface area contributed by atoms with Gasteiger partial charge in [-0.3, -0.25) is 0 Å². The van der Waals surface area contributed by atoms with Crippen molar-refractivity contribution in [3.05, 3.63) is 0 Å². The summed E-state index contributed by atoms with van der Waals surface area (Å²) in [4.78, 5) is 0. The first-order valence-electron chi connectivity index (χ1n) is 7.23. The van der Waals surface area contributed by atoms with Crippen LogP contribution in [0.1, 0.15) is 65.2 Å². The predicted molar refractivity (Wildman–Crippen MR) is 77.1 cm³/mol. The molecule has 1 heterocycles. The third-order valence-electron chi connectivity index (χ3n) is 3.57. The molecule has 0 aromatic carbocycles. The fourth-order valence-corrected chi connectivity index (χ4v) is 2.52. The molecule has 1 fully saturated rings. The van der Waals surface area contributed by atoms with Gasteiger partial charge in [0.2, 0.25) is 0 Å². The van der Waals surface area contributed by atoms with E-state index < -0.39 is 0 Å². The average Bonchev–Trinajstić information content (AvgIpc) is 2.34. The van der Waals surface area contributed by atoms with E-state index in [0.717, 1.165) is 13.2 Å². The zero-order valence-electron chi connectivity index (χ0n) is 11.5. The van der Waals surface area contributed by atoms with E-state index in [-0.39, 0.29) is 12.4 Å². The van der Waals surface area contributed by atoms with Crippen LogP contribution in [0.5, 0.6) is 0 Å². The van der Waals surface area contributed by atoms with Gasteiger partial charge < -0.3 is 10.1 Å². The van der Waals surface area contributed by atoms with E-state index >= 15 is 0 Å². The van der Waals surface area contributed by atoms with E-state index in [9.17, 15) is 0 Å². The van der Waals surface area contributed by atoms with Crippen LogP contribution in [0.15, 0.2) is 0 Å². The van der Waals surface area contributed by atoms with Crippen LogP contribution in [0.4, 0.5) is 0 Å². The predicted octanol–water partition coefficient (Wildman–Crippen LogP) is 3.93. The van der Waals surface area contributed by atoms with Gasteiger partial charge in [0.1, 0.15) is 0 Å². The monoisotopic (exact) mass is 263 g/mol. The van der Waals surface area contributed by atoms with Crippen LogP contribution in [0.3, 0.4) is 0 Å². The highest BCUT2D eigenvalue weighted by Gasteiger charge is 2.22. The van der Waals surface area contributed by atoms with Gasteiger partial charge in [0.15, 0.2) is 0 Å². The number of unbranched alkanes of at least 4 members (excludes halogenated alkanes) is 5. The number of morpholine rings is 1. The fraction of sp³-hybridized carbons (Fsp3) is 1.00. The van der Waals surface area contributed by atoms with Crippen molar-refractivity contribution < 1.29 is 4.74 Å². The number of hydrogen-bond acceptors (Lipinski definition) is 2. The molecule has 0 aliphatic carbocycles. The summed E-state index contributed by atoms with van der Waals surface area (Å²) in [5, 5.41) is 3.56. The van der Waals surface area contributed by atoms with E-state index in [2.05, 4.69) is 19.2 Å². The van der Waals surface area contributed by atoms with Gasteiger partial charge in [0, 0.05) is 12.6 Å². The molecular weight excluding hydrogens is 234 g/mol. The van der Waals surface area contributed by atoms with Gasteiger partial charge in [0.25, 0.3) is 0 Å². The molecule has 3 heteroatoms. The molecule has 2 nitrogen and oxygen atoms in total. The molecule has 0 aromatic heterocycles.